The van der Waals surface area contributed by atoms with Crippen molar-refractivity contribution < 1.29 is 13.5 Å². The van der Waals surface area contributed by atoms with E-state index in [1.165, 1.54) is 4.57 Å². The number of aromatic nitrogens is 3. The summed E-state index contributed by atoms with van der Waals surface area (Å²) in [5.74, 6) is 0.611. The number of aryl methyl sites for hydroxylation is 1. The summed E-state index contributed by atoms with van der Waals surface area (Å²) < 4.78 is 30.8. The number of nitrogens with zero attached hydrogens (tertiary/aromatic N) is 6. The summed E-state index contributed by atoms with van der Waals surface area (Å²) in [7, 11) is 1.64. The third-order valence-corrected chi connectivity index (χ3v) is 6.44. The summed E-state index contributed by atoms with van der Waals surface area (Å²) in [6, 6.07) is 12.2. The van der Waals surface area contributed by atoms with Crippen LogP contribution in [-0.4, -0.2) is 51.2 Å². The molecule has 0 amide bonds. The number of hydrogen-bond donors (Lipinski definition) is 0. The normalized spacial score (nSPS) is 19.9. The van der Waals surface area contributed by atoms with Gasteiger partial charge in [0.25, 0.3) is 0 Å². The van der Waals surface area contributed by atoms with Crippen LogP contribution in [0.2, 0.25) is 0 Å². The Hall–Kier alpha value is -3.58. The zero-order valence-electron chi connectivity index (χ0n) is 19.4. The first-order valence-corrected chi connectivity index (χ1v) is 11.0. The van der Waals surface area contributed by atoms with Crippen LogP contribution >= 0.6 is 0 Å². The number of alkyl halides is 2. The molecular formula is C24H26F2N6O2. The van der Waals surface area contributed by atoms with Gasteiger partial charge >= 0.3 is 12.3 Å². The van der Waals surface area contributed by atoms with Crippen LogP contribution < -0.4 is 15.3 Å². The monoisotopic (exact) mass is 468 g/mol. The van der Waals surface area contributed by atoms with Gasteiger partial charge in [0.1, 0.15) is 23.0 Å². The van der Waals surface area contributed by atoms with E-state index in [4.69, 9.17) is 0 Å². The number of anilines is 1. The SMILES string of the molecule is CC(c1ccc(OC(F)F)cc1)N1C[C@H](C)N(c2nc(=O)n(C)c3ccc(C#N)nc23)C[C@H]1C. The fourth-order valence-corrected chi connectivity index (χ4v) is 4.58. The quantitative estimate of drug-likeness (QED) is 0.567. The van der Waals surface area contributed by atoms with Crippen LogP contribution in [-0.2, 0) is 7.05 Å². The molecule has 0 saturated carbocycles. The van der Waals surface area contributed by atoms with Gasteiger partial charge in [0, 0.05) is 38.3 Å². The van der Waals surface area contributed by atoms with Crippen LogP contribution in [0.1, 0.15) is 38.1 Å². The van der Waals surface area contributed by atoms with Crippen molar-refractivity contribution >= 4 is 16.9 Å². The fourth-order valence-electron chi connectivity index (χ4n) is 4.58. The zero-order chi connectivity index (χ0) is 24.6. The molecule has 3 aromatic rings. The summed E-state index contributed by atoms with van der Waals surface area (Å²) in [5, 5.41) is 9.31. The summed E-state index contributed by atoms with van der Waals surface area (Å²) in [4.78, 5) is 25.7. The Bertz CT molecular complexity index is 1290. The van der Waals surface area contributed by atoms with E-state index in [1.807, 2.05) is 0 Å². The second-order valence-corrected chi connectivity index (χ2v) is 8.62. The fraction of sp³-hybridized carbons (Fsp3) is 0.417. The first-order chi connectivity index (χ1) is 16.2. The van der Waals surface area contributed by atoms with Gasteiger partial charge in [0.15, 0.2) is 5.82 Å². The van der Waals surface area contributed by atoms with Crippen molar-refractivity contribution in [2.75, 3.05) is 18.0 Å². The highest BCUT2D eigenvalue weighted by Crippen LogP contribution is 2.32. The Kier molecular flexibility index (Phi) is 6.48. The number of halogens is 2. The van der Waals surface area contributed by atoms with E-state index in [9.17, 15) is 18.8 Å². The largest absolute Gasteiger partial charge is 0.435 e. The average Bonchev–Trinajstić information content (AvgIpc) is 2.82. The Morgan fingerprint density at radius 3 is 2.44 bits per heavy atom. The molecule has 178 valence electrons. The number of rotatable bonds is 5. The Morgan fingerprint density at radius 2 is 1.79 bits per heavy atom. The maximum absolute atomic E-state index is 12.6. The molecule has 0 bridgehead atoms. The van der Waals surface area contributed by atoms with Gasteiger partial charge < -0.3 is 9.64 Å². The molecule has 2 aromatic heterocycles. The lowest BCUT2D eigenvalue weighted by Gasteiger charge is -2.47. The van der Waals surface area contributed by atoms with Gasteiger partial charge in [-0.15, -0.1) is 0 Å². The third kappa shape index (κ3) is 4.43. The standard InChI is InChI=1S/C24H26F2N6O2/c1-14-13-32(22-21-20(30(4)24(33)29-22)10-7-18(11-27)28-21)15(2)12-31(14)16(3)17-5-8-19(9-6-17)34-23(25)26/h5-10,14-16,23H,12-13H2,1-4H3/t14-,15+,16?/m1/s1. The molecule has 0 spiro atoms. The maximum atomic E-state index is 12.6. The minimum absolute atomic E-state index is 0.00966. The molecule has 1 unspecified atom stereocenters. The Balaban J connectivity index is 1.61. The number of ether oxygens (including phenoxy) is 1. The minimum atomic E-state index is -2.85. The van der Waals surface area contributed by atoms with E-state index < -0.39 is 6.61 Å². The van der Waals surface area contributed by atoms with Crippen LogP contribution in [0.3, 0.4) is 0 Å². The summed E-state index contributed by atoms with van der Waals surface area (Å²) in [6.45, 7) is 4.68. The molecule has 1 saturated heterocycles. The lowest BCUT2D eigenvalue weighted by molar-refractivity contribution is -0.0498. The predicted octanol–water partition coefficient (Wildman–Crippen LogP) is 3.46. The van der Waals surface area contributed by atoms with Crippen molar-refractivity contribution in [1.29, 1.82) is 5.26 Å². The maximum Gasteiger partial charge on any atom is 0.387 e. The molecule has 1 aromatic carbocycles. The molecule has 0 aliphatic carbocycles. The number of fused-ring (bicyclic) bond motifs is 1. The van der Waals surface area contributed by atoms with E-state index in [2.05, 4.69) is 51.3 Å². The molecule has 3 heterocycles. The average molecular weight is 469 g/mol. The molecule has 1 aliphatic heterocycles. The van der Waals surface area contributed by atoms with Crippen LogP contribution in [0.15, 0.2) is 41.2 Å². The van der Waals surface area contributed by atoms with Crippen molar-refractivity contribution in [3.8, 4) is 11.8 Å². The van der Waals surface area contributed by atoms with Gasteiger partial charge in [-0.2, -0.15) is 19.0 Å². The first-order valence-electron chi connectivity index (χ1n) is 11.0. The van der Waals surface area contributed by atoms with Gasteiger partial charge in [0.05, 0.1) is 5.52 Å². The number of piperazine rings is 1. The second-order valence-electron chi connectivity index (χ2n) is 8.62. The Morgan fingerprint density at radius 1 is 1.09 bits per heavy atom. The highest BCUT2D eigenvalue weighted by atomic mass is 19.3. The number of pyridine rings is 1. The zero-order valence-corrected chi connectivity index (χ0v) is 19.4. The van der Waals surface area contributed by atoms with Crippen LogP contribution in [0.4, 0.5) is 14.6 Å². The van der Waals surface area contributed by atoms with Gasteiger partial charge in [-0.25, -0.2) is 9.78 Å². The van der Waals surface area contributed by atoms with E-state index in [0.717, 1.165) is 5.56 Å². The topological polar surface area (TPSA) is 87.3 Å². The summed E-state index contributed by atoms with van der Waals surface area (Å²) >= 11 is 0. The number of hydrogen-bond acceptors (Lipinski definition) is 7. The van der Waals surface area contributed by atoms with Gasteiger partial charge in [0.2, 0.25) is 0 Å². The van der Waals surface area contributed by atoms with Crippen molar-refractivity contribution in [2.45, 2.75) is 45.5 Å². The van der Waals surface area contributed by atoms with E-state index >= 15 is 0 Å². The van der Waals surface area contributed by atoms with Gasteiger partial charge in [-0.3, -0.25) is 9.47 Å². The van der Waals surface area contributed by atoms with Gasteiger partial charge in [-0.1, -0.05) is 12.1 Å². The highest BCUT2D eigenvalue weighted by Gasteiger charge is 2.34. The summed E-state index contributed by atoms with van der Waals surface area (Å²) in [5.41, 5.74) is 2.02. The molecule has 4 rings (SSSR count). The lowest BCUT2D eigenvalue weighted by Crippen LogP contribution is -2.57. The number of nitriles is 1. The van der Waals surface area contributed by atoms with E-state index in [0.29, 0.717) is 29.9 Å². The molecule has 0 N–H and O–H groups in total. The molecular weight excluding hydrogens is 442 g/mol. The molecule has 8 nitrogen and oxygen atoms in total. The van der Waals surface area contributed by atoms with Crippen LogP contribution in [0.5, 0.6) is 5.75 Å². The molecule has 34 heavy (non-hydrogen) atoms. The lowest BCUT2D eigenvalue weighted by atomic mass is 10.0. The molecule has 3 atom stereocenters. The van der Waals surface area contributed by atoms with Crippen molar-refractivity contribution in [3.05, 3.63) is 58.1 Å². The third-order valence-electron chi connectivity index (χ3n) is 6.44. The van der Waals surface area contributed by atoms with Gasteiger partial charge in [-0.05, 0) is 50.6 Å². The van der Waals surface area contributed by atoms with Crippen molar-refractivity contribution in [3.63, 3.8) is 0 Å². The Labute approximate surface area is 196 Å². The predicted molar refractivity (Wildman–Crippen MR) is 124 cm³/mol. The van der Waals surface area contributed by atoms with Crippen LogP contribution in [0.25, 0.3) is 11.0 Å². The smallest absolute Gasteiger partial charge is 0.387 e. The molecule has 1 fully saturated rings. The van der Waals surface area contributed by atoms with Crippen LogP contribution in [0, 0.1) is 11.3 Å². The molecule has 10 heteroatoms. The summed E-state index contributed by atoms with van der Waals surface area (Å²) in [6.07, 6.45) is 0. The van der Waals surface area contributed by atoms with E-state index in [-0.39, 0.29) is 35.3 Å². The number of benzene rings is 1. The minimum Gasteiger partial charge on any atom is -0.435 e. The molecule has 0 radical (unpaired) electrons. The van der Waals surface area contributed by atoms with Crippen molar-refractivity contribution in [1.82, 2.24) is 19.4 Å². The second kappa shape index (κ2) is 9.35. The first kappa shape index (κ1) is 23.6. The van der Waals surface area contributed by atoms with E-state index in [1.54, 1.807) is 43.4 Å². The highest BCUT2D eigenvalue weighted by molar-refractivity contribution is 5.86. The van der Waals surface area contributed by atoms with Crippen molar-refractivity contribution in [2.24, 2.45) is 7.05 Å². The molecule has 1 aliphatic rings.